The van der Waals surface area contributed by atoms with E-state index in [9.17, 15) is 0 Å². The van der Waals surface area contributed by atoms with Gasteiger partial charge in [-0.2, -0.15) is 13.2 Å². The number of aromatic amines is 2. The van der Waals surface area contributed by atoms with Crippen LogP contribution < -0.4 is 5.32 Å². The maximum Gasteiger partial charge on any atom is 0.421 e. The summed E-state index contributed by atoms with van der Waals surface area (Å²) in [6, 6.07) is 19.4. The lowest BCUT2D eigenvalue weighted by molar-refractivity contribution is -0.170. The van der Waals surface area contributed by atoms with Crippen molar-refractivity contribution in [1.82, 2.24) is 9.97 Å². The second-order valence-corrected chi connectivity index (χ2v) is 8.56. The van der Waals surface area contributed by atoms with Crippen LogP contribution in [-0.4, -0.2) is 16.1 Å². The molecule has 0 amide bonds. The van der Waals surface area contributed by atoms with E-state index in [0.29, 0.717) is 39.1 Å². The van der Waals surface area contributed by atoms with E-state index in [-0.39, 0.29) is 11.3 Å². The normalized spacial score (nSPS) is 18.2. The fourth-order valence-electron chi connectivity index (χ4n) is 4.93. The maximum atomic E-state index is 15.3. The predicted molar refractivity (Wildman–Crippen MR) is 121 cm³/mol. The van der Waals surface area contributed by atoms with Crippen LogP contribution >= 0.6 is 11.6 Å². The molecule has 3 heterocycles. The van der Waals surface area contributed by atoms with Gasteiger partial charge in [0.05, 0.1) is 5.69 Å². The second kappa shape index (κ2) is 6.56. The lowest BCUT2D eigenvalue weighted by atomic mass is 9.83. The summed E-state index contributed by atoms with van der Waals surface area (Å²) in [5.41, 5.74) is 0.817. The van der Waals surface area contributed by atoms with Gasteiger partial charge in [-0.05, 0) is 35.4 Å². The molecule has 0 saturated carbocycles. The summed E-state index contributed by atoms with van der Waals surface area (Å²) in [5, 5.41) is 4.64. The number of benzene rings is 3. The highest BCUT2D eigenvalue weighted by Gasteiger charge is 2.61. The van der Waals surface area contributed by atoms with Gasteiger partial charge in [0.25, 0.3) is 0 Å². The van der Waals surface area contributed by atoms with Gasteiger partial charge in [-0.1, -0.05) is 54.1 Å². The first-order chi connectivity index (χ1) is 15.4. The van der Waals surface area contributed by atoms with Crippen molar-refractivity contribution in [3.8, 4) is 0 Å². The van der Waals surface area contributed by atoms with Crippen LogP contribution in [0.2, 0.25) is 5.02 Å². The molecule has 0 radical (unpaired) electrons. The summed E-state index contributed by atoms with van der Waals surface area (Å²) in [6.45, 7) is 0. The molecule has 3 N–H and O–H groups in total. The number of hydrogen-bond acceptors (Lipinski definition) is 1. The smallest absolute Gasteiger partial charge is 0.363 e. The van der Waals surface area contributed by atoms with Crippen molar-refractivity contribution in [3.05, 3.63) is 100 Å². The van der Waals surface area contributed by atoms with Crippen molar-refractivity contribution in [1.29, 1.82) is 0 Å². The lowest BCUT2D eigenvalue weighted by Gasteiger charge is -2.37. The van der Waals surface area contributed by atoms with Crippen LogP contribution in [-0.2, 0) is 12.0 Å². The van der Waals surface area contributed by atoms with Crippen LogP contribution in [0.5, 0.6) is 0 Å². The highest BCUT2D eigenvalue weighted by atomic mass is 35.5. The molecule has 3 aromatic carbocycles. The molecular formula is C25H17ClF3N3. The number of fused-ring (bicyclic) bond motifs is 5. The van der Waals surface area contributed by atoms with Crippen LogP contribution in [0.15, 0.2) is 72.9 Å². The maximum absolute atomic E-state index is 15.3. The van der Waals surface area contributed by atoms with Crippen molar-refractivity contribution >= 4 is 39.1 Å². The van der Waals surface area contributed by atoms with Crippen molar-refractivity contribution < 1.29 is 13.2 Å². The molecule has 0 aliphatic carbocycles. The van der Waals surface area contributed by atoms with E-state index in [2.05, 4.69) is 15.3 Å². The third-order valence-corrected chi connectivity index (χ3v) is 6.60. The molecule has 160 valence electrons. The zero-order chi connectivity index (χ0) is 22.1. The van der Waals surface area contributed by atoms with Gasteiger partial charge < -0.3 is 15.3 Å². The predicted octanol–water partition coefficient (Wildman–Crippen LogP) is 7.12. The van der Waals surface area contributed by atoms with Gasteiger partial charge >= 0.3 is 6.18 Å². The first-order valence-corrected chi connectivity index (χ1v) is 10.6. The molecule has 0 bridgehead atoms. The molecule has 1 aliphatic rings. The summed E-state index contributed by atoms with van der Waals surface area (Å²) in [7, 11) is 0. The average Bonchev–Trinajstić information content (AvgIpc) is 3.30. The number of H-pyrrole nitrogens is 2. The zero-order valence-corrected chi connectivity index (χ0v) is 17.4. The number of alkyl halides is 3. The van der Waals surface area contributed by atoms with Crippen LogP contribution in [0.1, 0.15) is 22.4 Å². The van der Waals surface area contributed by atoms with Gasteiger partial charge in [0.1, 0.15) is 0 Å². The largest absolute Gasteiger partial charge is 0.421 e. The zero-order valence-electron chi connectivity index (χ0n) is 16.6. The number of anilines is 1. The number of para-hydroxylation sites is 2. The van der Waals surface area contributed by atoms with Gasteiger partial charge in [0.2, 0.25) is 5.54 Å². The van der Waals surface area contributed by atoms with E-state index in [1.54, 1.807) is 54.6 Å². The van der Waals surface area contributed by atoms with Crippen LogP contribution in [0.3, 0.4) is 0 Å². The Morgan fingerprint density at radius 1 is 0.875 bits per heavy atom. The molecule has 2 aromatic heterocycles. The Kier molecular flexibility index (Phi) is 3.96. The van der Waals surface area contributed by atoms with Gasteiger partial charge in [-0.3, -0.25) is 0 Å². The van der Waals surface area contributed by atoms with Gasteiger partial charge in [0.15, 0.2) is 0 Å². The van der Waals surface area contributed by atoms with Gasteiger partial charge in [-0.25, -0.2) is 0 Å². The van der Waals surface area contributed by atoms with E-state index in [1.165, 1.54) is 6.20 Å². The van der Waals surface area contributed by atoms with Crippen LogP contribution in [0.4, 0.5) is 18.9 Å². The molecule has 0 unspecified atom stereocenters. The number of hydrogen-bond donors (Lipinski definition) is 3. The summed E-state index contributed by atoms with van der Waals surface area (Å²) >= 11 is 6.17. The Morgan fingerprint density at radius 2 is 1.66 bits per heavy atom. The van der Waals surface area contributed by atoms with E-state index in [4.69, 9.17) is 11.6 Å². The van der Waals surface area contributed by atoms with Crippen LogP contribution in [0.25, 0.3) is 21.8 Å². The Hall–Kier alpha value is -3.38. The Bertz CT molecular complexity index is 1500. The van der Waals surface area contributed by atoms with E-state index < -0.39 is 11.7 Å². The topological polar surface area (TPSA) is 43.6 Å². The minimum Gasteiger partial charge on any atom is -0.363 e. The molecule has 3 nitrogen and oxygen atoms in total. The first kappa shape index (κ1) is 19.3. The van der Waals surface area contributed by atoms with Crippen molar-refractivity contribution in [2.75, 3.05) is 5.32 Å². The summed E-state index contributed by atoms with van der Waals surface area (Å²) in [5.74, 6) is 0. The van der Waals surface area contributed by atoms with E-state index in [1.807, 2.05) is 12.1 Å². The van der Waals surface area contributed by atoms with E-state index in [0.717, 1.165) is 10.9 Å². The Morgan fingerprint density at radius 3 is 2.50 bits per heavy atom. The highest BCUT2D eigenvalue weighted by molar-refractivity contribution is 6.31. The van der Waals surface area contributed by atoms with Crippen molar-refractivity contribution in [3.63, 3.8) is 0 Å². The minimum atomic E-state index is -4.66. The van der Waals surface area contributed by atoms with E-state index >= 15 is 13.2 Å². The summed E-state index contributed by atoms with van der Waals surface area (Å²) in [4.78, 5) is 6.13. The standard InChI is InChI=1S/C25H17ClF3N3/c26-15-9-10-16-18-11-14-5-1-3-7-20(14)32-24(25(27,28)29,23(18)31-22(16)12-15)19-13-30-21-8-4-2-6-17(19)21/h1-10,12-13,30-32H,11H2/t24-/m0/s1. The first-order valence-electron chi connectivity index (χ1n) is 10.2. The molecule has 32 heavy (non-hydrogen) atoms. The molecule has 0 saturated heterocycles. The third-order valence-electron chi connectivity index (χ3n) is 6.37. The molecule has 0 spiro atoms. The molecule has 1 atom stereocenters. The average molecular weight is 452 g/mol. The van der Waals surface area contributed by atoms with Gasteiger partial charge in [0, 0.05) is 50.7 Å². The molecule has 7 heteroatoms. The number of aromatic nitrogens is 2. The highest BCUT2D eigenvalue weighted by Crippen LogP contribution is 2.52. The molecule has 5 aromatic rings. The quantitative estimate of drug-likeness (QED) is 0.249. The monoisotopic (exact) mass is 451 g/mol. The van der Waals surface area contributed by atoms with Crippen molar-refractivity contribution in [2.24, 2.45) is 0 Å². The number of rotatable bonds is 1. The fraction of sp³-hybridized carbons (Fsp3) is 0.120. The molecular weight excluding hydrogens is 435 g/mol. The van der Waals surface area contributed by atoms with Crippen LogP contribution in [0, 0.1) is 0 Å². The number of halogens is 4. The Balaban J connectivity index is 1.79. The number of nitrogens with one attached hydrogen (secondary N) is 3. The SMILES string of the molecule is FC(F)(F)[C@@]1(c2c[nH]c3ccccc23)Nc2ccccc2Cc2c1[nH]c1cc(Cl)ccc21. The molecule has 0 fully saturated rings. The Labute approximate surface area is 186 Å². The fourth-order valence-corrected chi connectivity index (χ4v) is 5.10. The minimum absolute atomic E-state index is 0.0863. The molecule has 1 aliphatic heterocycles. The lowest BCUT2D eigenvalue weighted by Crippen LogP contribution is -2.50. The second-order valence-electron chi connectivity index (χ2n) is 8.12. The van der Waals surface area contributed by atoms with Crippen molar-refractivity contribution in [2.45, 2.75) is 18.1 Å². The van der Waals surface area contributed by atoms with Gasteiger partial charge in [-0.15, -0.1) is 0 Å². The third kappa shape index (κ3) is 2.56. The summed E-state index contributed by atoms with van der Waals surface area (Å²) < 4.78 is 46.0. The summed E-state index contributed by atoms with van der Waals surface area (Å²) in [6.07, 6.45) is -2.84. The molecule has 6 rings (SSSR count).